The van der Waals surface area contributed by atoms with Crippen LogP contribution in [-0.4, -0.2) is 17.4 Å². The fourth-order valence-corrected chi connectivity index (χ4v) is 5.22. The van der Waals surface area contributed by atoms with Crippen molar-refractivity contribution in [1.82, 2.24) is 4.90 Å². The predicted octanol–water partition coefficient (Wildman–Crippen LogP) is 7.28. The number of carbonyl (C=O) groups excluding carboxylic acids is 1. The molecule has 1 aromatic carbocycles. The number of carbonyl (C=O) groups is 1. The van der Waals surface area contributed by atoms with Crippen LogP contribution in [0.1, 0.15) is 93.2 Å². The van der Waals surface area contributed by atoms with Gasteiger partial charge in [0.1, 0.15) is 5.82 Å². The van der Waals surface area contributed by atoms with Gasteiger partial charge in [-0.05, 0) is 47.5 Å². The zero-order valence-electron chi connectivity index (χ0n) is 17.7. The van der Waals surface area contributed by atoms with Gasteiger partial charge in [-0.2, -0.15) is 0 Å². The summed E-state index contributed by atoms with van der Waals surface area (Å²) in [4.78, 5) is 16.4. The second-order valence-electron chi connectivity index (χ2n) is 8.17. The van der Waals surface area contributed by atoms with Gasteiger partial charge in [-0.3, -0.25) is 4.79 Å². The zero-order chi connectivity index (χ0) is 20.5. The summed E-state index contributed by atoms with van der Waals surface area (Å²) in [6.07, 6.45) is 12.9. The summed E-state index contributed by atoms with van der Waals surface area (Å²) in [5.41, 5.74) is 2.22. The Bertz CT molecular complexity index is 754. The molecule has 0 fully saturated rings. The van der Waals surface area contributed by atoms with Crippen LogP contribution in [0.15, 0.2) is 35.7 Å². The van der Waals surface area contributed by atoms with E-state index in [1.54, 1.807) is 11.3 Å². The Hall–Kier alpha value is -1.68. The molecule has 2 aromatic rings. The van der Waals surface area contributed by atoms with Crippen molar-refractivity contribution in [3.05, 3.63) is 57.5 Å². The Labute approximate surface area is 179 Å². The van der Waals surface area contributed by atoms with Crippen LogP contribution in [0.25, 0.3) is 0 Å². The number of hydrogen-bond donors (Lipinski definition) is 0. The molecule has 0 N–H and O–H groups in total. The van der Waals surface area contributed by atoms with Gasteiger partial charge < -0.3 is 4.90 Å². The van der Waals surface area contributed by atoms with Gasteiger partial charge in [0.15, 0.2) is 0 Å². The highest BCUT2D eigenvalue weighted by Gasteiger charge is 2.32. The van der Waals surface area contributed by atoms with Crippen LogP contribution in [-0.2, 0) is 11.2 Å². The Morgan fingerprint density at radius 2 is 1.66 bits per heavy atom. The van der Waals surface area contributed by atoms with E-state index < -0.39 is 0 Å². The number of fused-ring (bicyclic) bond motifs is 1. The standard InChI is InChI=1S/C25H34FNOS/c1-2-3-4-5-6-7-8-9-10-11-24(28)27-18-16-23-22(17-19-29-23)25(27)20-12-14-21(26)15-13-20/h12-15,17,19,25H,2-11,16,18H2,1H3. The van der Waals surface area contributed by atoms with Crippen molar-refractivity contribution < 1.29 is 9.18 Å². The summed E-state index contributed by atoms with van der Waals surface area (Å²) in [7, 11) is 0. The van der Waals surface area contributed by atoms with Crippen LogP contribution < -0.4 is 0 Å². The second-order valence-corrected chi connectivity index (χ2v) is 9.17. The molecule has 0 bridgehead atoms. The predicted molar refractivity (Wildman–Crippen MR) is 120 cm³/mol. The van der Waals surface area contributed by atoms with Crippen LogP contribution in [0, 0.1) is 5.82 Å². The molecule has 0 saturated heterocycles. The lowest BCUT2D eigenvalue weighted by atomic mass is 9.92. The van der Waals surface area contributed by atoms with E-state index >= 15 is 0 Å². The molecule has 29 heavy (non-hydrogen) atoms. The average Bonchev–Trinajstić information content (AvgIpc) is 3.21. The molecule has 1 aliphatic heterocycles. The van der Waals surface area contributed by atoms with Gasteiger partial charge in [0.05, 0.1) is 6.04 Å². The Morgan fingerprint density at radius 1 is 1.00 bits per heavy atom. The largest absolute Gasteiger partial charge is 0.331 e. The SMILES string of the molecule is CCCCCCCCCCCC(=O)N1CCc2sccc2C1c1ccc(F)cc1. The number of rotatable bonds is 11. The number of halogens is 1. The van der Waals surface area contributed by atoms with Crippen LogP contribution in [0.3, 0.4) is 0 Å². The minimum atomic E-state index is -0.234. The molecular weight excluding hydrogens is 381 g/mol. The smallest absolute Gasteiger partial charge is 0.223 e. The van der Waals surface area contributed by atoms with E-state index in [2.05, 4.69) is 18.4 Å². The van der Waals surface area contributed by atoms with E-state index in [0.29, 0.717) is 6.42 Å². The summed E-state index contributed by atoms with van der Waals surface area (Å²) >= 11 is 1.76. The van der Waals surface area contributed by atoms with E-state index in [1.165, 1.54) is 67.5 Å². The first-order valence-electron chi connectivity index (χ1n) is 11.3. The summed E-state index contributed by atoms with van der Waals surface area (Å²) < 4.78 is 13.4. The number of amides is 1. The first kappa shape index (κ1) is 22.0. The normalized spacial score (nSPS) is 16.1. The molecule has 0 aliphatic carbocycles. The second kappa shape index (κ2) is 11.5. The summed E-state index contributed by atoms with van der Waals surface area (Å²) in [6, 6.07) is 8.71. The zero-order valence-corrected chi connectivity index (χ0v) is 18.5. The van der Waals surface area contributed by atoms with Gasteiger partial charge in [-0.25, -0.2) is 4.39 Å². The van der Waals surface area contributed by atoms with Crippen molar-refractivity contribution >= 4 is 17.2 Å². The van der Waals surface area contributed by atoms with E-state index in [9.17, 15) is 9.18 Å². The molecular formula is C25H34FNOS. The van der Waals surface area contributed by atoms with Crippen molar-refractivity contribution in [2.45, 2.75) is 83.6 Å². The summed E-state index contributed by atoms with van der Waals surface area (Å²) in [5, 5.41) is 2.11. The van der Waals surface area contributed by atoms with Gasteiger partial charge in [0.25, 0.3) is 0 Å². The summed E-state index contributed by atoms with van der Waals surface area (Å²) in [6.45, 7) is 3.00. The van der Waals surface area contributed by atoms with Gasteiger partial charge in [-0.15, -0.1) is 11.3 Å². The van der Waals surface area contributed by atoms with Crippen molar-refractivity contribution in [3.8, 4) is 0 Å². The lowest BCUT2D eigenvalue weighted by molar-refractivity contribution is -0.133. The molecule has 2 nitrogen and oxygen atoms in total. The maximum Gasteiger partial charge on any atom is 0.223 e. The first-order valence-corrected chi connectivity index (χ1v) is 12.2. The lowest BCUT2D eigenvalue weighted by Gasteiger charge is -2.36. The average molecular weight is 416 g/mol. The third kappa shape index (κ3) is 6.15. The van der Waals surface area contributed by atoms with E-state index in [-0.39, 0.29) is 17.8 Å². The molecule has 0 radical (unpaired) electrons. The number of thiophene rings is 1. The Balaban J connectivity index is 1.52. The maximum absolute atomic E-state index is 13.4. The molecule has 3 rings (SSSR count). The molecule has 0 spiro atoms. The highest BCUT2D eigenvalue weighted by atomic mass is 32.1. The molecule has 1 aromatic heterocycles. The number of unbranched alkanes of at least 4 members (excludes halogenated alkanes) is 8. The highest BCUT2D eigenvalue weighted by Crippen LogP contribution is 2.38. The molecule has 4 heteroatoms. The van der Waals surface area contributed by atoms with Crippen molar-refractivity contribution in [1.29, 1.82) is 0 Å². The Kier molecular flexibility index (Phi) is 8.72. The topological polar surface area (TPSA) is 20.3 Å². The van der Waals surface area contributed by atoms with Crippen LogP contribution in [0.4, 0.5) is 4.39 Å². The lowest BCUT2D eigenvalue weighted by Crippen LogP contribution is -2.40. The molecule has 0 saturated carbocycles. The van der Waals surface area contributed by atoms with Crippen molar-refractivity contribution in [2.24, 2.45) is 0 Å². The van der Waals surface area contributed by atoms with Crippen LogP contribution in [0.2, 0.25) is 0 Å². The molecule has 1 aliphatic rings. The quantitative estimate of drug-likeness (QED) is 0.353. The van der Waals surface area contributed by atoms with Gasteiger partial charge in [0.2, 0.25) is 5.91 Å². The van der Waals surface area contributed by atoms with Gasteiger partial charge in [-0.1, -0.05) is 70.4 Å². The summed E-state index contributed by atoms with van der Waals surface area (Å²) in [5.74, 6) is 0.00166. The fraction of sp³-hybridized carbons (Fsp3) is 0.560. The molecule has 1 amide bonds. The Morgan fingerprint density at radius 3 is 2.34 bits per heavy atom. The van der Waals surface area contributed by atoms with Crippen LogP contribution in [0.5, 0.6) is 0 Å². The molecule has 1 unspecified atom stereocenters. The minimum Gasteiger partial charge on any atom is -0.331 e. The monoisotopic (exact) mass is 415 g/mol. The van der Waals surface area contributed by atoms with Gasteiger partial charge in [0, 0.05) is 17.8 Å². The number of nitrogens with zero attached hydrogens (tertiary/aromatic N) is 1. The molecule has 158 valence electrons. The van der Waals surface area contributed by atoms with Gasteiger partial charge >= 0.3 is 0 Å². The number of benzene rings is 1. The first-order chi connectivity index (χ1) is 14.2. The third-order valence-corrected chi connectivity index (χ3v) is 6.96. The van der Waals surface area contributed by atoms with Crippen molar-refractivity contribution in [2.75, 3.05) is 6.54 Å². The van der Waals surface area contributed by atoms with Crippen molar-refractivity contribution in [3.63, 3.8) is 0 Å². The fourth-order valence-electron chi connectivity index (χ4n) is 4.32. The van der Waals surface area contributed by atoms with E-state index in [1.807, 2.05) is 17.0 Å². The molecule has 2 heterocycles. The van der Waals surface area contributed by atoms with E-state index in [4.69, 9.17) is 0 Å². The highest BCUT2D eigenvalue weighted by molar-refractivity contribution is 7.10. The van der Waals surface area contributed by atoms with E-state index in [0.717, 1.165) is 31.4 Å². The third-order valence-electron chi connectivity index (χ3n) is 5.97. The van der Waals surface area contributed by atoms with Crippen LogP contribution >= 0.6 is 11.3 Å². The molecule has 1 atom stereocenters. The number of hydrogen-bond acceptors (Lipinski definition) is 2. The minimum absolute atomic E-state index is 0.0725. The maximum atomic E-state index is 13.4.